The molecule has 0 unspecified atom stereocenters. The Labute approximate surface area is 98.8 Å². The molecular weight excluding hydrogens is 230 g/mol. The molecule has 0 aromatic carbocycles. The van der Waals surface area contributed by atoms with Crippen molar-refractivity contribution in [3.63, 3.8) is 0 Å². The average molecular weight is 247 g/mol. The second-order valence-corrected chi connectivity index (χ2v) is 4.54. The molecule has 0 aliphatic carbocycles. The van der Waals surface area contributed by atoms with E-state index in [1.165, 1.54) is 0 Å². The van der Waals surface area contributed by atoms with Crippen LogP contribution in [0.5, 0.6) is 0 Å². The number of alkyl carbamates (subject to hydrolysis) is 1. The molecule has 0 saturated heterocycles. The number of hydrogen-bond donors (Lipinski definition) is 3. The molecule has 7 nitrogen and oxygen atoms in total. The summed E-state index contributed by atoms with van der Waals surface area (Å²) in [5, 5.41) is 19.3. The van der Waals surface area contributed by atoms with Crippen molar-refractivity contribution >= 4 is 18.0 Å². The van der Waals surface area contributed by atoms with Crippen LogP contribution in [0.2, 0.25) is 0 Å². The Hall–Kier alpha value is -1.79. The highest BCUT2D eigenvalue weighted by Gasteiger charge is 2.22. The van der Waals surface area contributed by atoms with Crippen LogP contribution in [0.4, 0.5) is 4.79 Å². The third-order valence-electron chi connectivity index (χ3n) is 1.56. The first-order valence-corrected chi connectivity index (χ1v) is 5.03. The van der Waals surface area contributed by atoms with Gasteiger partial charge in [0.15, 0.2) is 0 Å². The molecule has 0 radical (unpaired) electrons. The van der Waals surface area contributed by atoms with E-state index < -0.39 is 42.5 Å². The van der Waals surface area contributed by atoms with Crippen molar-refractivity contribution in [2.45, 2.75) is 45.3 Å². The van der Waals surface area contributed by atoms with Gasteiger partial charge in [-0.05, 0) is 20.8 Å². The quantitative estimate of drug-likeness (QED) is 0.663. The first kappa shape index (κ1) is 15.2. The highest BCUT2D eigenvalue weighted by Crippen LogP contribution is 2.08. The molecule has 7 heteroatoms. The first-order valence-electron chi connectivity index (χ1n) is 5.03. The van der Waals surface area contributed by atoms with E-state index in [0.717, 1.165) is 0 Å². The first-order chi connectivity index (χ1) is 7.60. The second-order valence-electron chi connectivity index (χ2n) is 4.54. The molecule has 0 bridgehead atoms. The molecular formula is C10H17NO6. The lowest BCUT2D eigenvalue weighted by atomic mass is 10.1. The van der Waals surface area contributed by atoms with Gasteiger partial charge in [0, 0.05) is 0 Å². The van der Waals surface area contributed by atoms with E-state index in [4.69, 9.17) is 14.9 Å². The molecule has 0 fully saturated rings. The lowest BCUT2D eigenvalue weighted by Crippen LogP contribution is -2.41. The normalized spacial score (nSPS) is 11.1. The number of carbonyl (C=O) groups excluding carboxylic acids is 1. The Kier molecular flexibility index (Phi) is 5.43. The monoisotopic (exact) mass is 247 g/mol. The summed E-state index contributed by atoms with van der Waals surface area (Å²) < 4.78 is 4.90. The highest BCUT2D eigenvalue weighted by atomic mass is 16.6. The van der Waals surface area contributed by atoms with E-state index in [1.807, 2.05) is 0 Å². The van der Waals surface area contributed by atoms with Crippen LogP contribution in [0.1, 0.15) is 33.6 Å². The second kappa shape index (κ2) is 6.07. The zero-order chi connectivity index (χ0) is 13.6. The Morgan fingerprint density at radius 2 is 1.53 bits per heavy atom. The standard InChI is InChI=1S/C10H17NO6/c1-10(2,3)17-9(16)11-6(4-7(12)13)5-8(14)15/h6H,4-5H2,1-3H3,(H,11,16)(H,12,13)(H,14,15). The molecule has 0 aliphatic rings. The zero-order valence-corrected chi connectivity index (χ0v) is 10.0. The van der Waals surface area contributed by atoms with Crippen LogP contribution in [-0.2, 0) is 14.3 Å². The molecule has 0 aromatic rings. The van der Waals surface area contributed by atoms with E-state index >= 15 is 0 Å². The molecule has 3 N–H and O–H groups in total. The number of carboxylic acids is 2. The number of carboxylic acid groups (broad SMARTS) is 2. The van der Waals surface area contributed by atoms with E-state index in [9.17, 15) is 14.4 Å². The van der Waals surface area contributed by atoms with Gasteiger partial charge in [-0.25, -0.2) is 4.79 Å². The SMILES string of the molecule is CC(C)(C)OC(=O)NC(CC(=O)O)CC(=O)O. The predicted molar refractivity (Wildman–Crippen MR) is 57.7 cm³/mol. The summed E-state index contributed by atoms with van der Waals surface area (Å²) in [6.07, 6.45) is -1.76. The minimum Gasteiger partial charge on any atom is -0.481 e. The van der Waals surface area contributed by atoms with Gasteiger partial charge in [0.2, 0.25) is 0 Å². The zero-order valence-electron chi connectivity index (χ0n) is 10.0. The molecule has 17 heavy (non-hydrogen) atoms. The van der Waals surface area contributed by atoms with Crippen molar-refractivity contribution < 1.29 is 29.3 Å². The molecule has 1 amide bonds. The van der Waals surface area contributed by atoms with Crippen molar-refractivity contribution in [1.29, 1.82) is 0 Å². The van der Waals surface area contributed by atoms with Crippen molar-refractivity contribution in [3.05, 3.63) is 0 Å². The van der Waals surface area contributed by atoms with E-state index in [-0.39, 0.29) is 0 Å². The van der Waals surface area contributed by atoms with Gasteiger partial charge in [-0.15, -0.1) is 0 Å². The molecule has 0 aliphatic heterocycles. The number of carbonyl (C=O) groups is 3. The van der Waals surface area contributed by atoms with Gasteiger partial charge >= 0.3 is 18.0 Å². The lowest BCUT2D eigenvalue weighted by molar-refractivity contribution is -0.139. The van der Waals surface area contributed by atoms with E-state index in [2.05, 4.69) is 5.32 Å². The molecule has 0 heterocycles. The summed E-state index contributed by atoms with van der Waals surface area (Å²) in [6.45, 7) is 4.95. The number of aliphatic carboxylic acids is 2. The third-order valence-corrected chi connectivity index (χ3v) is 1.56. The Morgan fingerprint density at radius 3 is 1.82 bits per heavy atom. The maximum absolute atomic E-state index is 11.3. The fourth-order valence-corrected chi connectivity index (χ4v) is 1.07. The largest absolute Gasteiger partial charge is 0.481 e. The third kappa shape index (κ3) is 9.16. The summed E-state index contributed by atoms with van der Waals surface area (Å²) in [7, 11) is 0. The molecule has 0 saturated carbocycles. The van der Waals surface area contributed by atoms with Gasteiger partial charge in [0.1, 0.15) is 5.60 Å². The van der Waals surface area contributed by atoms with Crippen molar-refractivity contribution in [2.75, 3.05) is 0 Å². The van der Waals surface area contributed by atoms with Crippen LogP contribution in [0.15, 0.2) is 0 Å². The summed E-state index contributed by atoms with van der Waals surface area (Å²) in [6, 6.07) is -0.986. The number of ether oxygens (including phenoxy) is 1. The Bertz CT molecular complexity index is 290. The maximum Gasteiger partial charge on any atom is 0.407 e. The minimum atomic E-state index is -1.19. The summed E-state index contributed by atoms with van der Waals surface area (Å²) in [5.74, 6) is -2.38. The minimum absolute atomic E-state index is 0.467. The summed E-state index contributed by atoms with van der Waals surface area (Å²) in [5.41, 5.74) is -0.721. The predicted octanol–water partition coefficient (Wildman–Crippen LogP) is 0.829. The van der Waals surface area contributed by atoms with Crippen molar-refractivity contribution in [1.82, 2.24) is 5.32 Å². The highest BCUT2D eigenvalue weighted by molar-refractivity contribution is 5.75. The van der Waals surface area contributed by atoms with Gasteiger partial charge in [0.25, 0.3) is 0 Å². The van der Waals surface area contributed by atoms with Crippen molar-refractivity contribution in [2.24, 2.45) is 0 Å². The molecule has 98 valence electrons. The Balaban J connectivity index is 4.37. The van der Waals surface area contributed by atoms with Gasteiger partial charge in [-0.2, -0.15) is 0 Å². The van der Waals surface area contributed by atoms with Gasteiger partial charge in [-0.3, -0.25) is 9.59 Å². The van der Waals surface area contributed by atoms with Crippen LogP contribution >= 0.6 is 0 Å². The smallest absolute Gasteiger partial charge is 0.407 e. The fourth-order valence-electron chi connectivity index (χ4n) is 1.07. The van der Waals surface area contributed by atoms with E-state index in [1.54, 1.807) is 20.8 Å². The van der Waals surface area contributed by atoms with Crippen LogP contribution in [-0.4, -0.2) is 39.9 Å². The van der Waals surface area contributed by atoms with Crippen molar-refractivity contribution in [3.8, 4) is 0 Å². The van der Waals surface area contributed by atoms with Gasteiger partial charge in [0.05, 0.1) is 18.9 Å². The molecule has 0 atom stereocenters. The Morgan fingerprint density at radius 1 is 1.12 bits per heavy atom. The van der Waals surface area contributed by atoms with Crippen LogP contribution in [0.25, 0.3) is 0 Å². The molecule has 0 aromatic heterocycles. The van der Waals surface area contributed by atoms with Crippen LogP contribution in [0, 0.1) is 0 Å². The van der Waals surface area contributed by atoms with Gasteiger partial charge in [-0.1, -0.05) is 0 Å². The van der Waals surface area contributed by atoms with Crippen LogP contribution in [0.3, 0.4) is 0 Å². The summed E-state index contributed by atoms with van der Waals surface area (Å²) >= 11 is 0. The number of rotatable bonds is 5. The summed E-state index contributed by atoms with van der Waals surface area (Å²) in [4.78, 5) is 32.3. The lowest BCUT2D eigenvalue weighted by Gasteiger charge is -2.22. The number of amides is 1. The molecule has 0 rings (SSSR count). The van der Waals surface area contributed by atoms with Crippen LogP contribution < -0.4 is 5.32 Å². The maximum atomic E-state index is 11.3. The number of nitrogens with one attached hydrogen (secondary N) is 1. The molecule has 0 spiro atoms. The topological polar surface area (TPSA) is 113 Å². The average Bonchev–Trinajstić information content (AvgIpc) is 1.95. The number of hydrogen-bond acceptors (Lipinski definition) is 4. The van der Waals surface area contributed by atoms with Gasteiger partial charge < -0.3 is 20.3 Å². The van der Waals surface area contributed by atoms with E-state index in [0.29, 0.717) is 0 Å². The fraction of sp³-hybridized carbons (Fsp3) is 0.700.